The molecule has 1 aromatic rings. The molecule has 7 heteroatoms. The quantitative estimate of drug-likeness (QED) is 0.469. The predicted molar refractivity (Wildman–Crippen MR) is 69.6 cm³/mol. The van der Waals surface area contributed by atoms with Gasteiger partial charge in [-0.2, -0.15) is 0 Å². The lowest BCUT2D eigenvalue weighted by molar-refractivity contribution is -0.384. The average Bonchev–Trinajstić information content (AvgIpc) is 2.63. The van der Waals surface area contributed by atoms with Crippen molar-refractivity contribution in [1.29, 1.82) is 0 Å². The molecular formula is C13H12N2O5. The maximum atomic E-state index is 11.9. The first-order chi connectivity index (χ1) is 9.32. The van der Waals surface area contributed by atoms with Crippen LogP contribution in [0.1, 0.15) is 24.2 Å². The molecule has 0 unspecified atom stereocenters. The second-order valence-corrected chi connectivity index (χ2v) is 4.80. The van der Waals surface area contributed by atoms with Crippen molar-refractivity contribution in [3.63, 3.8) is 0 Å². The van der Waals surface area contributed by atoms with Crippen molar-refractivity contribution in [2.45, 2.75) is 13.8 Å². The summed E-state index contributed by atoms with van der Waals surface area (Å²) < 4.78 is 0. The Morgan fingerprint density at radius 3 is 2.55 bits per heavy atom. The largest absolute Gasteiger partial charge is 0.299 e. The molecule has 7 nitrogen and oxygen atoms in total. The summed E-state index contributed by atoms with van der Waals surface area (Å²) in [5.41, 5.74) is -0.0395. The van der Waals surface area contributed by atoms with E-state index in [1.807, 2.05) is 0 Å². The molecule has 104 valence electrons. The summed E-state index contributed by atoms with van der Waals surface area (Å²) in [6.07, 6.45) is 0. The van der Waals surface area contributed by atoms with E-state index in [1.54, 1.807) is 13.8 Å². The highest BCUT2D eigenvalue weighted by Crippen LogP contribution is 2.31. The average molecular weight is 276 g/mol. The number of amides is 1. The van der Waals surface area contributed by atoms with Crippen molar-refractivity contribution in [3.05, 3.63) is 33.9 Å². The molecule has 0 fully saturated rings. The van der Waals surface area contributed by atoms with E-state index in [0.29, 0.717) is 0 Å². The Bertz CT molecular complexity index is 636. The molecule has 1 aliphatic heterocycles. The fourth-order valence-electron chi connectivity index (χ4n) is 1.90. The lowest BCUT2D eigenvalue weighted by Gasteiger charge is -2.16. The predicted octanol–water partition coefficient (Wildman–Crippen LogP) is 1.35. The first-order valence-corrected chi connectivity index (χ1v) is 6.00. The van der Waals surface area contributed by atoms with E-state index in [1.165, 1.54) is 12.1 Å². The van der Waals surface area contributed by atoms with Gasteiger partial charge in [-0.25, -0.2) is 0 Å². The summed E-state index contributed by atoms with van der Waals surface area (Å²) in [5, 5.41) is 10.7. The highest BCUT2D eigenvalue weighted by atomic mass is 16.6. The van der Waals surface area contributed by atoms with Gasteiger partial charge < -0.3 is 0 Å². The van der Waals surface area contributed by atoms with E-state index in [-0.39, 0.29) is 35.2 Å². The Hall–Kier alpha value is -2.57. The maximum Gasteiger partial charge on any atom is 0.299 e. The number of nitrogens with zero attached hydrogens (tertiary/aromatic N) is 2. The van der Waals surface area contributed by atoms with Crippen LogP contribution in [-0.2, 0) is 9.59 Å². The van der Waals surface area contributed by atoms with Gasteiger partial charge in [0.1, 0.15) is 0 Å². The minimum Gasteiger partial charge on any atom is -0.297 e. The lowest BCUT2D eigenvalue weighted by atomic mass is 10.1. The molecule has 0 N–H and O–H groups in total. The summed E-state index contributed by atoms with van der Waals surface area (Å²) in [6.45, 7) is 3.19. The molecule has 0 aliphatic carbocycles. The number of non-ortho nitro benzene ring substituents is 1. The normalized spacial score (nSPS) is 13.8. The second-order valence-electron chi connectivity index (χ2n) is 4.80. The topological polar surface area (TPSA) is 97.6 Å². The molecule has 1 aromatic carbocycles. The molecule has 0 atom stereocenters. The van der Waals surface area contributed by atoms with Gasteiger partial charge in [-0.3, -0.25) is 29.4 Å². The number of hydrogen-bond donors (Lipinski definition) is 0. The first kappa shape index (κ1) is 13.9. The van der Waals surface area contributed by atoms with Crippen molar-refractivity contribution >= 4 is 28.8 Å². The monoisotopic (exact) mass is 276 g/mol. The number of carbonyl (C=O) groups is 3. The minimum absolute atomic E-state index is 0.0271. The van der Waals surface area contributed by atoms with Crippen LogP contribution in [0.5, 0.6) is 0 Å². The van der Waals surface area contributed by atoms with Gasteiger partial charge in [-0.15, -0.1) is 0 Å². The van der Waals surface area contributed by atoms with Gasteiger partial charge in [0.2, 0.25) is 0 Å². The highest BCUT2D eigenvalue weighted by Gasteiger charge is 2.38. The minimum atomic E-state index is -0.825. The Labute approximate surface area is 114 Å². The third-order valence-electron chi connectivity index (χ3n) is 3.12. The summed E-state index contributed by atoms with van der Waals surface area (Å²) in [6, 6.07) is 3.59. The van der Waals surface area contributed by atoms with Gasteiger partial charge in [-0.05, 0) is 6.07 Å². The van der Waals surface area contributed by atoms with Crippen molar-refractivity contribution in [2.75, 3.05) is 11.4 Å². The van der Waals surface area contributed by atoms with Gasteiger partial charge in [-0.1, -0.05) is 13.8 Å². The van der Waals surface area contributed by atoms with E-state index in [4.69, 9.17) is 0 Å². The Kier molecular flexibility index (Phi) is 3.35. The SMILES string of the molecule is CC(C)C(=O)CN1C(=O)C(=O)c2cc([N+](=O)[O-])ccc21. The molecule has 0 saturated carbocycles. The molecule has 0 radical (unpaired) electrons. The Morgan fingerprint density at radius 2 is 2.00 bits per heavy atom. The molecule has 1 amide bonds. The number of benzene rings is 1. The zero-order chi connectivity index (χ0) is 15.0. The van der Waals surface area contributed by atoms with E-state index in [2.05, 4.69) is 0 Å². The lowest BCUT2D eigenvalue weighted by Crippen LogP contribution is -2.36. The smallest absolute Gasteiger partial charge is 0.297 e. The van der Waals surface area contributed by atoms with E-state index >= 15 is 0 Å². The molecule has 0 bridgehead atoms. The molecule has 0 saturated heterocycles. The number of rotatable bonds is 4. The number of ketones is 2. The fraction of sp³-hybridized carbons (Fsp3) is 0.308. The van der Waals surface area contributed by atoms with Crippen LogP contribution in [0, 0.1) is 16.0 Å². The zero-order valence-corrected chi connectivity index (χ0v) is 11.0. The van der Waals surface area contributed by atoms with Crippen molar-refractivity contribution in [3.8, 4) is 0 Å². The summed E-state index contributed by atoms with van der Waals surface area (Å²) in [4.78, 5) is 46.5. The number of Topliss-reactive ketones (excluding diaryl/α,β-unsaturated/α-hetero) is 2. The van der Waals surface area contributed by atoms with E-state index < -0.39 is 16.6 Å². The standard InChI is InChI=1S/C13H12N2O5/c1-7(2)11(16)6-14-10-4-3-8(15(19)20)5-9(10)12(17)13(14)18/h3-5,7H,6H2,1-2H3. The molecule has 20 heavy (non-hydrogen) atoms. The summed E-state index contributed by atoms with van der Waals surface area (Å²) >= 11 is 0. The Balaban J connectivity index is 2.41. The number of nitro benzene ring substituents is 1. The van der Waals surface area contributed by atoms with Crippen LogP contribution in [0.25, 0.3) is 0 Å². The first-order valence-electron chi connectivity index (χ1n) is 6.00. The Morgan fingerprint density at radius 1 is 1.35 bits per heavy atom. The van der Waals surface area contributed by atoms with Crippen molar-refractivity contribution in [2.24, 2.45) is 5.92 Å². The summed E-state index contributed by atoms with van der Waals surface area (Å²) in [7, 11) is 0. The van der Waals surface area contributed by atoms with Crippen LogP contribution in [0.2, 0.25) is 0 Å². The molecule has 2 rings (SSSR count). The van der Waals surface area contributed by atoms with Gasteiger partial charge in [0.15, 0.2) is 5.78 Å². The van der Waals surface area contributed by atoms with Crippen molar-refractivity contribution in [1.82, 2.24) is 0 Å². The van der Waals surface area contributed by atoms with Crippen LogP contribution in [0.4, 0.5) is 11.4 Å². The second kappa shape index (κ2) is 4.84. The van der Waals surface area contributed by atoms with Gasteiger partial charge >= 0.3 is 0 Å². The fourth-order valence-corrected chi connectivity index (χ4v) is 1.90. The van der Waals surface area contributed by atoms with Crippen LogP contribution < -0.4 is 4.90 Å². The molecule has 0 aromatic heterocycles. The number of carbonyl (C=O) groups excluding carboxylic acids is 3. The number of fused-ring (bicyclic) bond motifs is 1. The van der Waals surface area contributed by atoms with Crippen LogP contribution in [0.3, 0.4) is 0 Å². The zero-order valence-electron chi connectivity index (χ0n) is 11.0. The van der Waals surface area contributed by atoms with Crippen LogP contribution in [-0.4, -0.2) is 28.9 Å². The molecular weight excluding hydrogens is 264 g/mol. The third kappa shape index (κ3) is 2.18. The maximum absolute atomic E-state index is 11.9. The third-order valence-corrected chi connectivity index (χ3v) is 3.12. The highest BCUT2D eigenvalue weighted by molar-refractivity contribution is 6.52. The molecule has 1 heterocycles. The van der Waals surface area contributed by atoms with Gasteiger partial charge in [0.05, 0.1) is 22.7 Å². The van der Waals surface area contributed by atoms with Crippen LogP contribution in [0.15, 0.2) is 18.2 Å². The summed E-state index contributed by atoms with van der Waals surface area (Å²) in [5.74, 6) is -2.09. The van der Waals surface area contributed by atoms with E-state index in [0.717, 1.165) is 11.0 Å². The van der Waals surface area contributed by atoms with Gasteiger partial charge in [0, 0.05) is 18.1 Å². The number of anilines is 1. The van der Waals surface area contributed by atoms with Crippen LogP contribution >= 0.6 is 0 Å². The van der Waals surface area contributed by atoms with Gasteiger partial charge in [0.25, 0.3) is 17.4 Å². The molecule has 1 aliphatic rings. The number of nitro groups is 1. The van der Waals surface area contributed by atoms with Crippen molar-refractivity contribution < 1.29 is 19.3 Å². The van der Waals surface area contributed by atoms with E-state index in [9.17, 15) is 24.5 Å². The molecule has 0 spiro atoms. The number of hydrogen-bond acceptors (Lipinski definition) is 5.